The lowest BCUT2D eigenvalue weighted by molar-refractivity contribution is 0.285. The van der Waals surface area contributed by atoms with Gasteiger partial charge in [-0.2, -0.15) is 0 Å². The number of benzene rings is 2. The zero-order valence-electron chi connectivity index (χ0n) is 12.4. The van der Waals surface area contributed by atoms with Gasteiger partial charge in [0, 0.05) is 18.6 Å². The predicted molar refractivity (Wildman–Crippen MR) is 83.5 cm³/mol. The predicted octanol–water partition coefficient (Wildman–Crippen LogP) is 3.44. The van der Waals surface area contributed by atoms with E-state index in [-0.39, 0.29) is 0 Å². The minimum absolute atomic E-state index is 0.397. The summed E-state index contributed by atoms with van der Waals surface area (Å²) in [7, 11) is 4.29. The molecule has 0 aliphatic rings. The Bertz CT molecular complexity index is 526. The summed E-state index contributed by atoms with van der Waals surface area (Å²) in [6.07, 6.45) is 0. The Morgan fingerprint density at radius 1 is 1.00 bits per heavy atom. The summed E-state index contributed by atoms with van der Waals surface area (Å²) < 4.78 is 0. The van der Waals surface area contributed by atoms with Gasteiger partial charge in [-0.25, -0.2) is 0 Å². The molecular weight excluding hydrogens is 232 g/mol. The van der Waals surface area contributed by atoms with Crippen LogP contribution < -0.4 is 5.32 Å². The van der Waals surface area contributed by atoms with E-state index in [9.17, 15) is 0 Å². The number of hydrogen-bond donors (Lipinski definition) is 1. The van der Waals surface area contributed by atoms with Gasteiger partial charge in [-0.05, 0) is 30.4 Å². The van der Waals surface area contributed by atoms with Crippen molar-refractivity contribution in [3.63, 3.8) is 0 Å². The van der Waals surface area contributed by atoms with Crippen molar-refractivity contribution in [2.45, 2.75) is 25.9 Å². The molecule has 102 valence electrons. The highest BCUT2D eigenvalue weighted by molar-refractivity contribution is 5.86. The van der Waals surface area contributed by atoms with Crippen molar-refractivity contribution in [2.75, 3.05) is 20.6 Å². The standard InChI is InChI=1S/C17H24N2/c1-13(2)18-12-17(19(3)4)16-11-7-9-14-8-5-6-10-15(14)16/h5-11,13,17-18H,12H2,1-4H3. The van der Waals surface area contributed by atoms with Crippen molar-refractivity contribution in [2.24, 2.45) is 0 Å². The van der Waals surface area contributed by atoms with Crippen LogP contribution in [-0.2, 0) is 0 Å². The Hall–Kier alpha value is -1.38. The Balaban J connectivity index is 2.38. The quantitative estimate of drug-likeness (QED) is 0.881. The molecule has 0 heterocycles. The van der Waals surface area contributed by atoms with Crippen LogP contribution in [0.2, 0.25) is 0 Å². The second kappa shape index (κ2) is 6.18. The molecule has 0 radical (unpaired) electrons. The SMILES string of the molecule is CC(C)NCC(c1cccc2ccccc12)N(C)C. The van der Waals surface area contributed by atoms with Crippen LogP contribution in [0.4, 0.5) is 0 Å². The van der Waals surface area contributed by atoms with Crippen molar-refractivity contribution in [1.29, 1.82) is 0 Å². The summed E-state index contributed by atoms with van der Waals surface area (Å²) in [6.45, 7) is 5.35. The lowest BCUT2D eigenvalue weighted by Crippen LogP contribution is -2.34. The largest absolute Gasteiger partial charge is 0.313 e. The van der Waals surface area contributed by atoms with Gasteiger partial charge < -0.3 is 10.2 Å². The number of hydrogen-bond acceptors (Lipinski definition) is 2. The van der Waals surface area contributed by atoms with E-state index in [4.69, 9.17) is 0 Å². The fourth-order valence-corrected chi connectivity index (χ4v) is 2.46. The number of nitrogens with zero attached hydrogens (tertiary/aromatic N) is 1. The molecule has 0 spiro atoms. The van der Waals surface area contributed by atoms with Gasteiger partial charge >= 0.3 is 0 Å². The highest BCUT2D eigenvalue weighted by Crippen LogP contribution is 2.26. The van der Waals surface area contributed by atoms with Crippen LogP contribution >= 0.6 is 0 Å². The summed E-state index contributed by atoms with van der Waals surface area (Å²) in [4.78, 5) is 2.29. The second-order valence-corrected chi connectivity index (χ2v) is 5.61. The molecule has 2 aromatic rings. The van der Waals surface area contributed by atoms with Gasteiger partial charge in [-0.1, -0.05) is 56.3 Å². The van der Waals surface area contributed by atoms with Crippen molar-refractivity contribution in [3.8, 4) is 0 Å². The van der Waals surface area contributed by atoms with Gasteiger partial charge in [0.2, 0.25) is 0 Å². The number of nitrogens with one attached hydrogen (secondary N) is 1. The lowest BCUT2D eigenvalue weighted by Gasteiger charge is -2.27. The fourth-order valence-electron chi connectivity index (χ4n) is 2.46. The highest BCUT2D eigenvalue weighted by Gasteiger charge is 2.16. The van der Waals surface area contributed by atoms with E-state index in [0.717, 1.165) is 6.54 Å². The third-order valence-corrected chi connectivity index (χ3v) is 3.53. The maximum atomic E-state index is 3.55. The molecule has 2 nitrogen and oxygen atoms in total. The lowest BCUT2D eigenvalue weighted by atomic mass is 9.98. The first-order valence-electron chi connectivity index (χ1n) is 6.97. The van der Waals surface area contributed by atoms with Gasteiger partial charge in [-0.15, -0.1) is 0 Å². The van der Waals surface area contributed by atoms with Gasteiger partial charge in [-0.3, -0.25) is 0 Å². The first-order chi connectivity index (χ1) is 9.09. The average molecular weight is 256 g/mol. The van der Waals surface area contributed by atoms with Gasteiger partial charge in [0.25, 0.3) is 0 Å². The van der Waals surface area contributed by atoms with E-state index in [1.165, 1.54) is 16.3 Å². The van der Waals surface area contributed by atoms with Crippen LogP contribution in [0.15, 0.2) is 42.5 Å². The minimum atomic E-state index is 0.397. The summed E-state index contributed by atoms with van der Waals surface area (Å²) in [5, 5.41) is 6.22. The highest BCUT2D eigenvalue weighted by atomic mass is 15.1. The van der Waals surface area contributed by atoms with Crippen molar-refractivity contribution >= 4 is 10.8 Å². The van der Waals surface area contributed by atoms with Crippen LogP contribution in [0.1, 0.15) is 25.5 Å². The van der Waals surface area contributed by atoms with E-state index >= 15 is 0 Å². The molecule has 0 saturated heterocycles. The van der Waals surface area contributed by atoms with Gasteiger partial charge in [0.15, 0.2) is 0 Å². The molecule has 0 aliphatic heterocycles. The third kappa shape index (κ3) is 3.34. The minimum Gasteiger partial charge on any atom is -0.313 e. The molecule has 0 fully saturated rings. The molecule has 2 heteroatoms. The second-order valence-electron chi connectivity index (χ2n) is 5.61. The van der Waals surface area contributed by atoms with E-state index < -0.39 is 0 Å². The topological polar surface area (TPSA) is 15.3 Å². The van der Waals surface area contributed by atoms with Crippen LogP contribution in [0.5, 0.6) is 0 Å². The molecule has 1 atom stereocenters. The van der Waals surface area contributed by atoms with E-state index in [2.05, 4.69) is 80.6 Å². The molecule has 0 saturated carbocycles. The summed E-state index contributed by atoms with van der Waals surface area (Å²) in [6, 6.07) is 16.1. The van der Waals surface area contributed by atoms with E-state index in [1.807, 2.05) is 0 Å². The van der Waals surface area contributed by atoms with Crippen LogP contribution in [0, 0.1) is 0 Å². The van der Waals surface area contributed by atoms with E-state index in [0.29, 0.717) is 12.1 Å². The maximum Gasteiger partial charge on any atom is 0.0473 e. The molecule has 0 bridgehead atoms. The Kier molecular flexibility index (Phi) is 4.56. The molecule has 19 heavy (non-hydrogen) atoms. The smallest absolute Gasteiger partial charge is 0.0473 e. The third-order valence-electron chi connectivity index (χ3n) is 3.53. The molecule has 2 rings (SSSR count). The average Bonchev–Trinajstić information content (AvgIpc) is 2.38. The van der Waals surface area contributed by atoms with Crippen molar-refractivity contribution in [1.82, 2.24) is 10.2 Å². The maximum absolute atomic E-state index is 3.55. The molecule has 1 unspecified atom stereocenters. The zero-order chi connectivity index (χ0) is 13.8. The van der Waals surface area contributed by atoms with Crippen molar-refractivity contribution < 1.29 is 0 Å². The molecule has 2 aromatic carbocycles. The Morgan fingerprint density at radius 2 is 1.68 bits per heavy atom. The normalized spacial score (nSPS) is 13.4. The van der Waals surface area contributed by atoms with Gasteiger partial charge in [0.1, 0.15) is 0 Å². The molecule has 0 aliphatic carbocycles. The molecule has 0 amide bonds. The Labute approximate surface area is 116 Å². The summed E-state index contributed by atoms with van der Waals surface area (Å²) in [5.41, 5.74) is 1.40. The molecule has 1 N–H and O–H groups in total. The molecule has 0 aromatic heterocycles. The molecular formula is C17H24N2. The number of rotatable bonds is 5. The van der Waals surface area contributed by atoms with E-state index in [1.54, 1.807) is 0 Å². The van der Waals surface area contributed by atoms with Crippen LogP contribution in [0.3, 0.4) is 0 Å². The van der Waals surface area contributed by atoms with Crippen LogP contribution in [-0.4, -0.2) is 31.6 Å². The number of fused-ring (bicyclic) bond motifs is 1. The van der Waals surface area contributed by atoms with Crippen molar-refractivity contribution in [3.05, 3.63) is 48.0 Å². The van der Waals surface area contributed by atoms with Gasteiger partial charge in [0.05, 0.1) is 0 Å². The van der Waals surface area contributed by atoms with Crippen LogP contribution in [0.25, 0.3) is 10.8 Å². The zero-order valence-corrected chi connectivity index (χ0v) is 12.4. The monoisotopic (exact) mass is 256 g/mol. The number of likely N-dealkylation sites (N-methyl/N-ethyl adjacent to an activating group) is 1. The first-order valence-corrected chi connectivity index (χ1v) is 6.97. The summed E-state index contributed by atoms with van der Waals surface area (Å²) >= 11 is 0. The Morgan fingerprint density at radius 3 is 2.37 bits per heavy atom. The summed E-state index contributed by atoms with van der Waals surface area (Å²) in [5.74, 6) is 0. The fraction of sp³-hybridized carbons (Fsp3) is 0.412. The first kappa shape index (κ1) is 14.0.